The third-order valence-electron chi connectivity index (χ3n) is 2.10. The van der Waals surface area contributed by atoms with Gasteiger partial charge in [0.15, 0.2) is 16.8 Å². The molecule has 2 aromatic heterocycles. The summed E-state index contributed by atoms with van der Waals surface area (Å²) in [5.74, 6) is 0.0603. The first kappa shape index (κ1) is 10.7. The van der Waals surface area contributed by atoms with Crippen LogP contribution in [0, 0.1) is 13.8 Å². The number of nitrogens with two attached hydrogens (primary N) is 1. The van der Waals surface area contributed by atoms with E-state index in [1.165, 1.54) is 23.5 Å². The fraction of sp³-hybridized carbons (Fsp3) is 0.200. The minimum absolute atomic E-state index is 0.183. The summed E-state index contributed by atoms with van der Waals surface area (Å²) < 4.78 is 5.00. The maximum Gasteiger partial charge on any atom is 0.293 e. The molecule has 0 saturated carbocycles. The summed E-state index contributed by atoms with van der Waals surface area (Å²) in [5.41, 5.74) is 6.29. The monoisotopic (exact) mass is 237 g/mol. The highest BCUT2D eigenvalue weighted by atomic mass is 32.1. The zero-order chi connectivity index (χ0) is 11.7. The van der Waals surface area contributed by atoms with Crippen molar-refractivity contribution in [2.24, 2.45) is 0 Å². The number of carbonyl (C=O) groups excluding carboxylic acids is 1. The number of hydrogen-bond donors (Lipinski definition) is 2. The van der Waals surface area contributed by atoms with Crippen molar-refractivity contribution in [3.63, 3.8) is 0 Å². The molecule has 0 fully saturated rings. The van der Waals surface area contributed by atoms with Gasteiger partial charge in [-0.2, -0.15) is 0 Å². The van der Waals surface area contributed by atoms with Gasteiger partial charge in [0.1, 0.15) is 0 Å². The molecular weight excluding hydrogens is 226 g/mol. The third-order valence-corrected chi connectivity index (χ3v) is 3.09. The number of carbonyl (C=O) groups is 1. The van der Waals surface area contributed by atoms with Gasteiger partial charge in [-0.05, 0) is 19.9 Å². The Hall–Kier alpha value is -1.82. The predicted octanol–water partition coefficient (Wildman–Crippen LogP) is 2.19. The summed E-state index contributed by atoms with van der Waals surface area (Å²) in [5, 5.41) is 3.22. The molecule has 0 unspecified atom stereocenters. The molecule has 2 heterocycles. The van der Waals surface area contributed by atoms with E-state index in [0.29, 0.717) is 5.13 Å². The molecule has 0 aromatic carbocycles. The Morgan fingerprint density at radius 1 is 1.50 bits per heavy atom. The Bertz CT molecular complexity index is 510. The number of furan rings is 1. The van der Waals surface area contributed by atoms with E-state index < -0.39 is 0 Å². The summed E-state index contributed by atoms with van der Waals surface area (Å²) in [7, 11) is 0. The van der Waals surface area contributed by atoms with Gasteiger partial charge in [0.25, 0.3) is 5.91 Å². The van der Waals surface area contributed by atoms with Gasteiger partial charge < -0.3 is 10.2 Å². The zero-order valence-corrected chi connectivity index (χ0v) is 9.72. The molecule has 0 radical (unpaired) electrons. The Balaban J connectivity index is 2.13. The first-order valence-electron chi connectivity index (χ1n) is 4.67. The Labute approximate surface area is 96.3 Å². The predicted molar refractivity (Wildman–Crippen MR) is 62.7 cm³/mol. The number of nitrogens with one attached hydrogen (secondary N) is 1. The Morgan fingerprint density at radius 2 is 2.25 bits per heavy atom. The minimum Gasteiger partial charge on any atom is -0.436 e. The lowest BCUT2D eigenvalue weighted by atomic mass is 10.4. The molecule has 0 aliphatic rings. The molecule has 0 atom stereocenters. The molecule has 2 rings (SSSR count). The summed E-state index contributed by atoms with van der Waals surface area (Å²) in [6, 6.07) is 3.06. The average Bonchev–Trinajstić information content (AvgIpc) is 2.75. The van der Waals surface area contributed by atoms with E-state index in [1.54, 1.807) is 0 Å². The summed E-state index contributed by atoms with van der Waals surface area (Å²) in [6.07, 6.45) is 0. The summed E-state index contributed by atoms with van der Waals surface area (Å²) >= 11 is 1.43. The second-order valence-electron chi connectivity index (χ2n) is 3.32. The molecule has 16 heavy (non-hydrogen) atoms. The van der Waals surface area contributed by atoms with Crippen LogP contribution in [0.2, 0.25) is 0 Å². The average molecular weight is 237 g/mol. The van der Waals surface area contributed by atoms with Crippen molar-refractivity contribution in [3.05, 3.63) is 28.5 Å². The van der Waals surface area contributed by atoms with Crippen molar-refractivity contribution in [1.82, 2.24) is 4.98 Å². The number of amides is 1. The van der Waals surface area contributed by atoms with Crippen LogP contribution in [0.5, 0.6) is 0 Å². The molecular formula is C10H11N3O2S. The van der Waals surface area contributed by atoms with Gasteiger partial charge in [-0.15, -0.1) is 11.3 Å². The molecule has 84 valence electrons. The first-order valence-corrected chi connectivity index (χ1v) is 5.48. The lowest BCUT2D eigenvalue weighted by Crippen LogP contribution is -2.10. The standard InChI is InChI=1S/C10H11N3O2S/c1-5-6(2)16-10(12-5)13-9(14)7-3-4-8(11)15-7/h3-4H,11H2,1-2H3,(H,12,13,14). The first-order chi connectivity index (χ1) is 7.56. The SMILES string of the molecule is Cc1nc(NC(=O)c2ccc(N)o2)sc1C. The minimum atomic E-state index is -0.342. The second-order valence-corrected chi connectivity index (χ2v) is 4.52. The van der Waals surface area contributed by atoms with Gasteiger partial charge in [-0.1, -0.05) is 0 Å². The fourth-order valence-electron chi connectivity index (χ4n) is 1.16. The van der Waals surface area contributed by atoms with Gasteiger partial charge >= 0.3 is 0 Å². The molecule has 1 amide bonds. The highest BCUT2D eigenvalue weighted by molar-refractivity contribution is 7.15. The second kappa shape index (κ2) is 3.97. The molecule has 5 nitrogen and oxygen atoms in total. The number of hydrogen-bond acceptors (Lipinski definition) is 5. The maximum absolute atomic E-state index is 11.7. The summed E-state index contributed by atoms with van der Waals surface area (Å²) in [6.45, 7) is 3.85. The van der Waals surface area contributed by atoms with Crippen molar-refractivity contribution in [2.75, 3.05) is 11.1 Å². The van der Waals surface area contributed by atoms with E-state index in [-0.39, 0.29) is 17.6 Å². The Morgan fingerprint density at radius 3 is 2.75 bits per heavy atom. The van der Waals surface area contributed by atoms with Gasteiger partial charge in [0.2, 0.25) is 0 Å². The number of anilines is 2. The van der Waals surface area contributed by atoms with Crippen LogP contribution in [0.1, 0.15) is 21.1 Å². The van der Waals surface area contributed by atoms with Crippen LogP contribution in [0.3, 0.4) is 0 Å². The van der Waals surface area contributed by atoms with Gasteiger partial charge in [0.05, 0.1) is 5.69 Å². The molecule has 3 N–H and O–H groups in total. The highest BCUT2D eigenvalue weighted by Crippen LogP contribution is 2.22. The van der Waals surface area contributed by atoms with Gasteiger partial charge in [-0.3, -0.25) is 10.1 Å². The van der Waals surface area contributed by atoms with Crippen molar-refractivity contribution >= 4 is 28.3 Å². The van der Waals surface area contributed by atoms with E-state index in [2.05, 4.69) is 10.3 Å². The van der Waals surface area contributed by atoms with Crippen molar-refractivity contribution in [2.45, 2.75) is 13.8 Å². The van der Waals surface area contributed by atoms with E-state index in [9.17, 15) is 4.79 Å². The molecule has 0 spiro atoms. The van der Waals surface area contributed by atoms with Crippen molar-refractivity contribution in [1.29, 1.82) is 0 Å². The van der Waals surface area contributed by atoms with Crippen LogP contribution < -0.4 is 11.1 Å². The molecule has 6 heteroatoms. The van der Waals surface area contributed by atoms with E-state index in [1.807, 2.05) is 13.8 Å². The molecule has 2 aromatic rings. The molecule has 0 saturated heterocycles. The fourth-order valence-corrected chi connectivity index (χ4v) is 1.97. The van der Waals surface area contributed by atoms with Gasteiger partial charge in [-0.25, -0.2) is 4.98 Å². The van der Waals surface area contributed by atoms with Crippen LogP contribution >= 0.6 is 11.3 Å². The smallest absolute Gasteiger partial charge is 0.293 e. The largest absolute Gasteiger partial charge is 0.436 e. The summed E-state index contributed by atoms with van der Waals surface area (Å²) in [4.78, 5) is 16.9. The van der Waals surface area contributed by atoms with Crippen molar-refractivity contribution in [3.8, 4) is 0 Å². The third kappa shape index (κ3) is 2.06. The van der Waals surface area contributed by atoms with E-state index in [4.69, 9.17) is 10.2 Å². The van der Waals surface area contributed by atoms with E-state index in [0.717, 1.165) is 10.6 Å². The number of aromatic nitrogens is 1. The topological polar surface area (TPSA) is 81.2 Å². The number of rotatable bonds is 2. The number of aryl methyl sites for hydroxylation is 2. The van der Waals surface area contributed by atoms with E-state index >= 15 is 0 Å². The molecule has 0 aliphatic carbocycles. The Kier molecular flexibility index (Phi) is 2.66. The number of nitrogens with zero attached hydrogens (tertiary/aromatic N) is 1. The van der Waals surface area contributed by atoms with Gasteiger partial charge in [0, 0.05) is 10.9 Å². The molecule has 0 aliphatic heterocycles. The zero-order valence-electron chi connectivity index (χ0n) is 8.90. The van der Waals surface area contributed by atoms with Crippen molar-refractivity contribution < 1.29 is 9.21 Å². The van der Waals surface area contributed by atoms with Crippen LogP contribution in [-0.4, -0.2) is 10.9 Å². The maximum atomic E-state index is 11.7. The van der Waals surface area contributed by atoms with Crippen LogP contribution in [0.4, 0.5) is 11.0 Å². The number of nitrogen functional groups attached to an aromatic ring is 1. The molecule has 0 bridgehead atoms. The van der Waals surface area contributed by atoms with Crippen LogP contribution in [-0.2, 0) is 0 Å². The normalized spacial score (nSPS) is 10.4. The highest BCUT2D eigenvalue weighted by Gasteiger charge is 2.12. The lowest BCUT2D eigenvalue weighted by molar-refractivity contribution is 0.0997. The quantitative estimate of drug-likeness (QED) is 0.838. The van der Waals surface area contributed by atoms with Crippen LogP contribution in [0.15, 0.2) is 16.5 Å². The lowest BCUT2D eigenvalue weighted by Gasteiger charge is -1.96. The number of thiazole rings is 1. The van der Waals surface area contributed by atoms with Crippen LogP contribution in [0.25, 0.3) is 0 Å².